The Balaban J connectivity index is 1.65. The van der Waals surface area contributed by atoms with Gasteiger partial charge in [-0.1, -0.05) is 30.3 Å². The van der Waals surface area contributed by atoms with Crippen molar-refractivity contribution in [2.24, 2.45) is 5.41 Å². The summed E-state index contributed by atoms with van der Waals surface area (Å²) in [6.07, 6.45) is 3.46. The van der Waals surface area contributed by atoms with Crippen molar-refractivity contribution in [3.63, 3.8) is 0 Å². The maximum Gasteiger partial charge on any atom is 0.254 e. The molecule has 2 aliphatic heterocycles. The molecule has 2 saturated heterocycles. The Labute approximate surface area is 152 Å². The summed E-state index contributed by atoms with van der Waals surface area (Å²) in [6, 6.07) is 13.4. The lowest BCUT2D eigenvalue weighted by atomic mass is 9.70. The smallest absolute Gasteiger partial charge is 0.254 e. The summed E-state index contributed by atoms with van der Waals surface area (Å²) >= 11 is 0. The number of benzene rings is 1. The second-order valence-electron chi connectivity index (χ2n) is 7.76. The Morgan fingerprint density at radius 2 is 2.04 bits per heavy atom. The number of nitrogens with one attached hydrogen (secondary N) is 1. The molecule has 2 aliphatic rings. The van der Waals surface area contributed by atoms with Crippen molar-refractivity contribution >= 4 is 5.91 Å². The number of aromatic amines is 1. The summed E-state index contributed by atoms with van der Waals surface area (Å²) in [5.74, 6) is -0.0879. The molecule has 2 fully saturated rings. The van der Waals surface area contributed by atoms with Gasteiger partial charge in [0.2, 0.25) is 5.56 Å². The fraction of sp³-hybridized carbons (Fsp3) is 0.429. The van der Waals surface area contributed by atoms with Gasteiger partial charge in [0.1, 0.15) is 0 Å². The van der Waals surface area contributed by atoms with E-state index < -0.39 is 0 Å². The van der Waals surface area contributed by atoms with Crippen molar-refractivity contribution < 1.29 is 9.90 Å². The number of H-pyrrole nitrogens is 1. The van der Waals surface area contributed by atoms with Crippen LogP contribution in [0.5, 0.6) is 0 Å². The Morgan fingerprint density at radius 3 is 2.73 bits per heavy atom. The van der Waals surface area contributed by atoms with Gasteiger partial charge in [-0.25, -0.2) is 0 Å². The van der Waals surface area contributed by atoms with E-state index in [1.54, 1.807) is 13.0 Å². The van der Waals surface area contributed by atoms with Crippen LogP contribution in [0.3, 0.4) is 0 Å². The lowest BCUT2D eigenvalue weighted by Crippen LogP contribution is -2.44. The second-order valence-corrected chi connectivity index (χ2v) is 7.76. The number of aromatic nitrogens is 1. The molecule has 2 aromatic rings. The van der Waals surface area contributed by atoms with Gasteiger partial charge in [-0.3, -0.25) is 9.59 Å². The highest BCUT2D eigenvalue weighted by Crippen LogP contribution is 2.51. The van der Waals surface area contributed by atoms with Gasteiger partial charge >= 0.3 is 0 Å². The number of hydrogen-bond donors (Lipinski definition) is 2. The lowest BCUT2D eigenvalue weighted by Gasteiger charge is -2.36. The zero-order chi connectivity index (χ0) is 18.3. The highest BCUT2D eigenvalue weighted by Gasteiger charge is 2.57. The molecule has 5 heteroatoms. The van der Waals surface area contributed by atoms with Gasteiger partial charge in [0, 0.05) is 34.8 Å². The highest BCUT2D eigenvalue weighted by molar-refractivity contribution is 5.95. The molecule has 0 spiro atoms. The van der Waals surface area contributed by atoms with E-state index in [1.165, 1.54) is 11.6 Å². The van der Waals surface area contributed by atoms with Gasteiger partial charge in [-0.2, -0.15) is 0 Å². The van der Waals surface area contributed by atoms with Crippen molar-refractivity contribution in [3.05, 3.63) is 69.6 Å². The van der Waals surface area contributed by atoms with Crippen LogP contribution in [0.25, 0.3) is 0 Å². The van der Waals surface area contributed by atoms with E-state index in [-0.39, 0.29) is 35.6 Å². The average molecular weight is 352 g/mol. The predicted molar refractivity (Wildman–Crippen MR) is 99.1 cm³/mol. The van der Waals surface area contributed by atoms with E-state index >= 15 is 0 Å². The first-order chi connectivity index (χ1) is 12.5. The van der Waals surface area contributed by atoms with Gasteiger partial charge in [-0.05, 0) is 44.2 Å². The van der Waals surface area contributed by atoms with Gasteiger partial charge in [0.25, 0.3) is 5.91 Å². The topological polar surface area (TPSA) is 73.4 Å². The van der Waals surface area contributed by atoms with Gasteiger partial charge in [-0.15, -0.1) is 0 Å². The average Bonchev–Trinajstić information content (AvgIpc) is 3.17. The maximum atomic E-state index is 13.2. The molecule has 26 heavy (non-hydrogen) atoms. The Bertz CT molecular complexity index is 876. The summed E-state index contributed by atoms with van der Waals surface area (Å²) in [4.78, 5) is 29.6. The molecule has 2 bridgehead atoms. The largest absolute Gasteiger partial charge is 0.396 e. The zero-order valence-corrected chi connectivity index (χ0v) is 14.9. The Hall–Kier alpha value is -2.40. The number of nitrogens with zero attached hydrogens (tertiary/aromatic N) is 1. The summed E-state index contributed by atoms with van der Waals surface area (Å²) in [5, 5.41) is 10.3. The van der Waals surface area contributed by atoms with Crippen LogP contribution in [0.15, 0.2) is 47.3 Å². The quantitative estimate of drug-likeness (QED) is 0.887. The predicted octanol–water partition coefficient (Wildman–Crippen LogP) is 2.28. The molecule has 1 aromatic heterocycles. The van der Waals surface area contributed by atoms with E-state index in [0.717, 1.165) is 25.7 Å². The Morgan fingerprint density at radius 1 is 1.27 bits per heavy atom. The molecule has 0 radical (unpaired) electrons. The first-order valence-electron chi connectivity index (χ1n) is 9.21. The standard InChI is InChI=1S/C21H24N2O3/c1-14-9-16(10-19(25)22-14)20(26)23-17-7-8-18(23)21(12-17,13-24)11-15-5-3-2-4-6-15/h2-6,9-10,17-18,24H,7-8,11-13H2,1H3,(H,22,25)/t17-,18+,21-/m1/s1. The minimum Gasteiger partial charge on any atom is -0.396 e. The number of fused-ring (bicyclic) bond motifs is 2. The summed E-state index contributed by atoms with van der Waals surface area (Å²) in [7, 11) is 0. The van der Waals surface area contributed by atoms with Crippen LogP contribution in [0.1, 0.15) is 40.9 Å². The zero-order valence-electron chi connectivity index (χ0n) is 14.9. The molecule has 0 unspecified atom stereocenters. The molecule has 4 rings (SSSR count). The van der Waals surface area contributed by atoms with E-state index in [1.807, 2.05) is 23.1 Å². The normalized spacial score (nSPS) is 27.1. The van der Waals surface area contributed by atoms with E-state index in [4.69, 9.17) is 0 Å². The third-order valence-electron chi connectivity index (χ3n) is 6.03. The summed E-state index contributed by atoms with van der Waals surface area (Å²) in [6.45, 7) is 1.85. The third-order valence-corrected chi connectivity index (χ3v) is 6.03. The Kier molecular flexibility index (Phi) is 4.19. The van der Waals surface area contributed by atoms with Gasteiger partial charge < -0.3 is 15.0 Å². The van der Waals surface area contributed by atoms with E-state index in [9.17, 15) is 14.7 Å². The molecular formula is C21H24N2O3. The maximum absolute atomic E-state index is 13.2. The summed E-state index contributed by atoms with van der Waals surface area (Å²) < 4.78 is 0. The second kappa shape index (κ2) is 6.40. The number of aryl methyl sites for hydroxylation is 1. The highest BCUT2D eigenvalue weighted by atomic mass is 16.3. The molecule has 1 amide bonds. The molecule has 5 nitrogen and oxygen atoms in total. The number of carbonyl (C=O) groups excluding carboxylic acids is 1. The first-order valence-corrected chi connectivity index (χ1v) is 9.21. The number of carbonyl (C=O) groups is 1. The van der Waals surface area contributed by atoms with Gasteiger partial charge in [0.05, 0.1) is 6.61 Å². The van der Waals surface area contributed by atoms with Crippen LogP contribution in [-0.2, 0) is 6.42 Å². The monoisotopic (exact) mass is 352 g/mol. The SMILES string of the molecule is Cc1cc(C(=O)N2[C@@H]3CC[C@H]2[C@](CO)(Cc2ccccc2)C3)cc(=O)[nH]1. The van der Waals surface area contributed by atoms with Gasteiger partial charge in [0.15, 0.2) is 0 Å². The van der Waals surface area contributed by atoms with Crippen molar-refractivity contribution in [2.75, 3.05) is 6.61 Å². The molecule has 3 heterocycles. The number of aliphatic hydroxyl groups excluding tert-OH is 1. The molecular weight excluding hydrogens is 328 g/mol. The number of hydrogen-bond acceptors (Lipinski definition) is 3. The van der Waals surface area contributed by atoms with E-state index in [0.29, 0.717) is 11.3 Å². The van der Waals surface area contributed by atoms with Crippen LogP contribution in [0.2, 0.25) is 0 Å². The fourth-order valence-electron chi connectivity index (χ4n) is 4.97. The van der Waals surface area contributed by atoms with Crippen molar-refractivity contribution in [1.82, 2.24) is 9.88 Å². The molecule has 1 aromatic carbocycles. The molecule has 3 atom stereocenters. The minimum atomic E-state index is -0.295. The lowest BCUT2D eigenvalue weighted by molar-refractivity contribution is 0.0571. The van der Waals surface area contributed by atoms with Crippen molar-refractivity contribution in [3.8, 4) is 0 Å². The molecule has 0 aliphatic carbocycles. The molecule has 0 saturated carbocycles. The molecule has 2 N–H and O–H groups in total. The van der Waals surface area contributed by atoms with E-state index in [2.05, 4.69) is 17.1 Å². The molecule has 136 valence electrons. The fourth-order valence-corrected chi connectivity index (χ4v) is 4.97. The number of pyridine rings is 1. The van der Waals surface area contributed by atoms with Crippen LogP contribution in [0, 0.1) is 12.3 Å². The number of rotatable bonds is 4. The number of amides is 1. The van der Waals surface area contributed by atoms with Crippen LogP contribution < -0.4 is 5.56 Å². The summed E-state index contributed by atoms with van der Waals surface area (Å²) in [5.41, 5.74) is 1.77. The van der Waals surface area contributed by atoms with Crippen LogP contribution in [-0.4, -0.2) is 39.6 Å². The third kappa shape index (κ3) is 2.76. The first kappa shape index (κ1) is 17.0. The van der Waals surface area contributed by atoms with Crippen molar-refractivity contribution in [2.45, 2.75) is 44.7 Å². The van der Waals surface area contributed by atoms with Crippen LogP contribution in [0.4, 0.5) is 0 Å². The van der Waals surface area contributed by atoms with Crippen LogP contribution >= 0.6 is 0 Å². The van der Waals surface area contributed by atoms with Crippen molar-refractivity contribution in [1.29, 1.82) is 0 Å². The minimum absolute atomic E-state index is 0.0183. The number of aliphatic hydroxyl groups is 1.